The summed E-state index contributed by atoms with van der Waals surface area (Å²) in [7, 11) is 0. The molecule has 0 aromatic heterocycles. The second-order valence-electron chi connectivity index (χ2n) is 5.42. The van der Waals surface area contributed by atoms with Gasteiger partial charge in [0.15, 0.2) is 0 Å². The average Bonchev–Trinajstić information content (AvgIpc) is 2.57. The third kappa shape index (κ3) is 2.63. The predicted octanol–water partition coefficient (Wildman–Crippen LogP) is 3.31. The molecular formula is C19H18N2O2. The number of hydrogen-bond donors (Lipinski definition) is 2. The molecule has 0 heterocycles. The first-order valence-corrected chi connectivity index (χ1v) is 7.62. The minimum Gasteiger partial charge on any atom is -0.380 e. The molecule has 0 radical (unpaired) electrons. The van der Waals surface area contributed by atoms with Crippen molar-refractivity contribution in [1.82, 2.24) is 5.32 Å². The van der Waals surface area contributed by atoms with Gasteiger partial charge in [-0.15, -0.1) is 0 Å². The lowest BCUT2D eigenvalue weighted by Crippen LogP contribution is -2.33. The first kappa shape index (κ1) is 15.0. The molecule has 23 heavy (non-hydrogen) atoms. The molecule has 4 nitrogen and oxygen atoms in total. The molecule has 0 saturated carbocycles. The summed E-state index contributed by atoms with van der Waals surface area (Å²) in [5, 5.41) is 6.19. The lowest BCUT2D eigenvalue weighted by molar-refractivity contribution is 0.0970. The maximum atomic E-state index is 12.9. The van der Waals surface area contributed by atoms with Crippen LogP contribution in [-0.4, -0.2) is 18.1 Å². The fourth-order valence-electron chi connectivity index (χ4n) is 2.69. The van der Waals surface area contributed by atoms with Crippen molar-refractivity contribution in [3.8, 4) is 0 Å². The van der Waals surface area contributed by atoms with Crippen LogP contribution in [0.4, 0.5) is 5.69 Å². The van der Waals surface area contributed by atoms with Crippen molar-refractivity contribution in [2.75, 3.05) is 11.9 Å². The van der Waals surface area contributed by atoms with Crippen LogP contribution in [0, 0.1) is 6.92 Å². The van der Waals surface area contributed by atoms with Crippen LogP contribution in [0.2, 0.25) is 0 Å². The lowest BCUT2D eigenvalue weighted by Gasteiger charge is -2.23. The smallest absolute Gasteiger partial charge is 0.212 e. The van der Waals surface area contributed by atoms with Crippen LogP contribution in [0.1, 0.15) is 33.2 Å². The highest BCUT2D eigenvalue weighted by Gasteiger charge is 2.32. The Kier molecular flexibility index (Phi) is 3.98. The van der Waals surface area contributed by atoms with Crippen molar-refractivity contribution in [3.05, 3.63) is 76.6 Å². The van der Waals surface area contributed by atoms with Gasteiger partial charge in [-0.3, -0.25) is 9.59 Å². The molecule has 2 N–H and O–H groups in total. The van der Waals surface area contributed by atoms with Crippen LogP contribution in [0.3, 0.4) is 0 Å². The molecule has 2 aromatic rings. The third-order valence-corrected chi connectivity index (χ3v) is 3.88. The maximum Gasteiger partial charge on any atom is 0.212 e. The number of fused-ring (bicyclic) bond motifs is 1. The largest absolute Gasteiger partial charge is 0.380 e. The Hall–Kier alpha value is -2.88. The van der Waals surface area contributed by atoms with Gasteiger partial charge >= 0.3 is 0 Å². The van der Waals surface area contributed by atoms with Gasteiger partial charge in [-0.25, -0.2) is 0 Å². The Labute approximate surface area is 135 Å². The number of para-hydroxylation sites is 1. The normalized spacial score (nSPS) is 13.8. The van der Waals surface area contributed by atoms with Crippen LogP contribution >= 0.6 is 0 Å². The van der Waals surface area contributed by atoms with Gasteiger partial charge < -0.3 is 10.6 Å². The molecule has 0 fully saturated rings. The number of allylic oxidation sites excluding steroid dienone is 2. The molecule has 1 aliphatic rings. The van der Waals surface area contributed by atoms with E-state index in [1.54, 1.807) is 24.3 Å². The van der Waals surface area contributed by atoms with Crippen molar-refractivity contribution >= 4 is 17.3 Å². The molecule has 2 aromatic carbocycles. The van der Waals surface area contributed by atoms with Crippen LogP contribution in [0.15, 0.2) is 59.9 Å². The van der Waals surface area contributed by atoms with E-state index in [0.717, 1.165) is 11.3 Å². The van der Waals surface area contributed by atoms with E-state index >= 15 is 0 Å². The van der Waals surface area contributed by atoms with Gasteiger partial charge in [-0.05, 0) is 25.5 Å². The number of nitrogens with one attached hydrogen (secondary N) is 2. The first-order chi connectivity index (χ1) is 11.1. The van der Waals surface area contributed by atoms with Crippen molar-refractivity contribution in [3.63, 3.8) is 0 Å². The van der Waals surface area contributed by atoms with E-state index in [-0.39, 0.29) is 11.6 Å². The van der Waals surface area contributed by atoms with Crippen molar-refractivity contribution in [2.24, 2.45) is 0 Å². The number of carbonyl (C=O) groups excluding carboxylic acids is 2. The standard InChI is InChI=1S/C19H18N2O2/c1-3-20-16-17(21-15-11-7-4-8-12(15)2)19(23)14-10-6-5-9-13(14)18(16)22/h4-11,20-21H,3H2,1-2H3. The zero-order valence-electron chi connectivity index (χ0n) is 13.1. The SMILES string of the molecule is CCNC1=C(Nc2ccccc2C)C(=O)c2ccccc2C1=O. The van der Waals surface area contributed by atoms with Gasteiger partial charge in [0.05, 0.1) is 0 Å². The molecule has 1 aliphatic carbocycles. The van der Waals surface area contributed by atoms with Crippen LogP contribution < -0.4 is 10.6 Å². The summed E-state index contributed by atoms with van der Waals surface area (Å²) < 4.78 is 0. The van der Waals surface area contributed by atoms with E-state index in [2.05, 4.69) is 10.6 Å². The molecular weight excluding hydrogens is 288 g/mol. The van der Waals surface area contributed by atoms with Crippen LogP contribution in [0.25, 0.3) is 0 Å². The monoisotopic (exact) mass is 306 g/mol. The van der Waals surface area contributed by atoms with E-state index in [4.69, 9.17) is 0 Å². The van der Waals surface area contributed by atoms with Crippen molar-refractivity contribution < 1.29 is 9.59 Å². The number of aryl methyl sites for hydroxylation is 1. The number of anilines is 1. The molecule has 0 atom stereocenters. The quantitative estimate of drug-likeness (QED) is 0.910. The Bertz CT molecular complexity index is 822. The summed E-state index contributed by atoms with van der Waals surface area (Å²) >= 11 is 0. The van der Waals surface area contributed by atoms with Gasteiger partial charge in [0, 0.05) is 23.4 Å². The molecule has 4 heteroatoms. The third-order valence-electron chi connectivity index (χ3n) is 3.88. The predicted molar refractivity (Wildman–Crippen MR) is 90.6 cm³/mol. The highest BCUT2D eigenvalue weighted by atomic mass is 16.1. The topological polar surface area (TPSA) is 58.2 Å². The molecule has 0 aliphatic heterocycles. The zero-order valence-corrected chi connectivity index (χ0v) is 13.1. The fraction of sp³-hybridized carbons (Fsp3) is 0.158. The van der Waals surface area contributed by atoms with E-state index in [1.807, 2.05) is 38.1 Å². The molecule has 0 amide bonds. The summed E-state index contributed by atoms with van der Waals surface area (Å²) in [6, 6.07) is 14.6. The summed E-state index contributed by atoms with van der Waals surface area (Å²) in [5.74, 6) is -0.322. The number of rotatable bonds is 4. The van der Waals surface area contributed by atoms with Gasteiger partial charge in [-0.2, -0.15) is 0 Å². The van der Waals surface area contributed by atoms with Crippen molar-refractivity contribution in [1.29, 1.82) is 0 Å². The van der Waals surface area contributed by atoms with E-state index in [0.29, 0.717) is 29.1 Å². The van der Waals surface area contributed by atoms with Gasteiger partial charge in [0.25, 0.3) is 0 Å². The summed E-state index contributed by atoms with van der Waals surface area (Å²) in [4.78, 5) is 25.6. The maximum absolute atomic E-state index is 12.9. The lowest BCUT2D eigenvalue weighted by atomic mass is 9.90. The molecule has 0 unspecified atom stereocenters. The van der Waals surface area contributed by atoms with Gasteiger partial charge in [0.1, 0.15) is 11.4 Å². The van der Waals surface area contributed by atoms with Crippen molar-refractivity contribution in [2.45, 2.75) is 13.8 Å². The molecule has 0 bridgehead atoms. The Balaban J connectivity index is 2.11. The highest BCUT2D eigenvalue weighted by molar-refractivity contribution is 6.27. The number of benzene rings is 2. The van der Waals surface area contributed by atoms with E-state index in [9.17, 15) is 9.59 Å². The minimum absolute atomic E-state index is 0.155. The molecule has 3 rings (SSSR count). The fourth-order valence-corrected chi connectivity index (χ4v) is 2.69. The summed E-state index contributed by atoms with van der Waals surface area (Å²) in [6.07, 6.45) is 0. The van der Waals surface area contributed by atoms with E-state index in [1.165, 1.54) is 0 Å². The number of carbonyl (C=O) groups is 2. The second kappa shape index (κ2) is 6.08. The molecule has 0 spiro atoms. The summed E-state index contributed by atoms with van der Waals surface area (Å²) in [5.41, 5.74) is 3.36. The van der Waals surface area contributed by atoms with Crippen LogP contribution in [-0.2, 0) is 0 Å². The second-order valence-corrected chi connectivity index (χ2v) is 5.42. The number of ketones is 2. The zero-order chi connectivity index (χ0) is 16.4. The van der Waals surface area contributed by atoms with Gasteiger partial charge in [-0.1, -0.05) is 42.5 Å². The summed E-state index contributed by atoms with van der Waals surface area (Å²) in [6.45, 7) is 4.42. The van der Waals surface area contributed by atoms with Crippen LogP contribution in [0.5, 0.6) is 0 Å². The van der Waals surface area contributed by atoms with E-state index < -0.39 is 0 Å². The van der Waals surface area contributed by atoms with Gasteiger partial charge in [0.2, 0.25) is 11.6 Å². The molecule has 116 valence electrons. The minimum atomic E-state index is -0.167. The Morgan fingerprint density at radius 1 is 0.826 bits per heavy atom. The number of Topliss-reactive ketones (excluding diaryl/α,β-unsaturated/α-hetero) is 2. The highest BCUT2D eigenvalue weighted by Crippen LogP contribution is 2.27. The Morgan fingerprint density at radius 2 is 1.39 bits per heavy atom. The number of likely N-dealkylation sites (N-methyl/N-ethyl adjacent to an activating group) is 1. The first-order valence-electron chi connectivity index (χ1n) is 7.62. The number of hydrogen-bond acceptors (Lipinski definition) is 4. The Morgan fingerprint density at radius 3 is 2.00 bits per heavy atom. The average molecular weight is 306 g/mol. The molecule has 0 saturated heterocycles.